The Bertz CT molecular complexity index is 493. The van der Waals surface area contributed by atoms with Gasteiger partial charge in [-0.05, 0) is 38.1 Å². The van der Waals surface area contributed by atoms with Gasteiger partial charge in [0.2, 0.25) is 0 Å². The van der Waals surface area contributed by atoms with Crippen LogP contribution in [0.3, 0.4) is 0 Å². The molecule has 0 saturated heterocycles. The van der Waals surface area contributed by atoms with Crippen molar-refractivity contribution in [3.63, 3.8) is 0 Å². The van der Waals surface area contributed by atoms with E-state index in [9.17, 15) is 5.11 Å². The first kappa shape index (κ1) is 13.1. The third-order valence-electron chi connectivity index (χ3n) is 2.89. The number of phenols is 1. The maximum atomic E-state index is 9.23. The Balaban J connectivity index is 2.00. The third kappa shape index (κ3) is 3.55. The van der Waals surface area contributed by atoms with E-state index in [4.69, 9.17) is 0 Å². The highest BCUT2D eigenvalue weighted by atomic mass is 32.1. The monoisotopic (exact) mass is 262 g/mol. The molecule has 1 atom stereocenters. The van der Waals surface area contributed by atoms with Gasteiger partial charge in [0.05, 0.1) is 5.01 Å². The van der Waals surface area contributed by atoms with Crippen LogP contribution in [0.4, 0.5) is 0 Å². The SMILES string of the molecule is CNC(C)Cc1cnc(Cc2ccc(O)cc2)s1. The fourth-order valence-corrected chi connectivity index (χ4v) is 2.80. The van der Waals surface area contributed by atoms with E-state index in [1.807, 2.05) is 25.4 Å². The van der Waals surface area contributed by atoms with Gasteiger partial charge in [-0.3, -0.25) is 0 Å². The Morgan fingerprint density at radius 2 is 2.06 bits per heavy atom. The first-order valence-electron chi connectivity index (χ1n) is 6.06. The number of aromatic nitrogens is 1. The quantitative estimate of drug-likeness (QED) is 0.870. The molecule has 3 nitrogen and oxygen atoms in total. The van der Waals surface area contributed by atoms with Crippen LogP contribution in [0.25, 0.3) is 0 Å². The minimum absolute atomic E-state index is 0.307. The third-order valence-corrected chi connectivity index (χ3v) is 3.91. The molecule has 0 amide bonds. The Morgan fingerprint density at radius 1 is 1.33 bits per heavy atom. The number of nitrogens with one attached hydrogen (secondary N) is 1. The fourth-order valence-electron chi connectivity index (χ4n) is 1.72. The summed E-state index contributed by atoms with van der Waals surface area (Å²) in [5.41, 5.74) is 1.18. The zero-order valence-electron chi connectivity index (χ0n) is 10.7. The van der Waals surface area contributed by atoms with Gasteiger partial charge in [0, 0.05) is 23.5 Å². The molecule has 0 aliphatic rings. The van der Waals surface area contributed by atoms with Crippen molar-refractivity contribution < 1.29 is 5.11 Å². The lowest BCUT2D eigenvalue weighted by Gasteiger charge is -2.06. The van der Waals surface area contributed by atoms with E-state index in [2.05, 4.69) is 17.2 Å². The van der Waals surface area contributed by atoms with Crippen molar-refractivity contribution in [3.8, 4) is 5.75 Å². The molecule has 0 spiro atoms. The Kier molecular flexibility index (Phi) is 4.33. The number of hydrogen-bond acceptors (Lipinski definition) is 4. The standard InChI is InChI=1S/C14H18N2OS/c1-10(15-2)7-13-9-16-14(18-13)8-11-3-5-12(17)6-4-11/h3-6,9-10,15,17H,7-8H2,1-2H3. The second kappa shape index (κ2) is 5.98. The molecule has 0 fully saturated rings. The molecule has 1 heterocycles. The van der Waals surface area contributed by atoms with E-state index in [-0.39, 0.29) is 0 Å². The van der Waals surface area contributed by atoms with Crippen molar-refractivity contribution in [1.82, 2.24) is 10.3 Å². The Labute approximate surface area is 112 Å². The summed E-state index contributed by atoms with van der Waals surface area (Å²) >= 11 is 1.76. The summed E-state index contributed by atoms with van der Waals surface area (Å²) in [5, 5.41) is 13.6. The van der Waals surface area contributed by atoms with Crippen molar-refractivity contribution >= 4 is 11.3 Å². The van der Waals surface area contributed by atoms with E-state index in [0.717, 1.165) is 17.8 Å². The fraction of sp³-hybridized carbons (Fsp3) is 0.357. The van der Waals surface area contributed by atoms with Gasteiger partial charge in [-0.1, -0.05) is 12.1 Å². The number of hydrogen-bond donors (Lipinski definition) is 2. The molecule has 96 valence electrons. The van der Waals surface area contributed by atoms with E-state index in [1.165, 1.54) is 10.4 Å². The zero-order chi connectivity index (χ0) is 13.0. The molecule has 0 saturated carbocycles. The highest BCUT2D eigenvalue weighted by Gasteiger charge is 2.06. The molecule has 2 aromatic rings. The van der Waals surface area contributed by atoms with E-state index in [0.29, 0.717) is 11.8 Å². The molecule has 0 radical (unpaired) electrons. The number of benzene rings is 1. The summed E-state index contributed by atoms with van der Waals surface area (Å²) in [7, 11) is 1.98. The number of nitrogens with zero attached hydrogens (tertiary/aromatic N) is 1. The molecule has 1 aromatic carbocycles. The van der Waals surface area contributed by atoms with Crippen LogP contribution in [-0.2, 0) is 12.8 Å². The second-order valence-electron chi connectivity index (χ2n) is 4.46. The predicted octanol–water partition coefficient (Wildman–Crippen LogP) is 2.59. The Hall–Kier alpha value is -1.39. The summed E-state index contributed by atoms with van der Waals surface area (Å²) in [6.07, 6.45) is 3.82. The van der Waals surface area contributed by atoms with Crippen molar-refractivity contribution in [2.24, 2.45) is 0 Å². The van der Waals surface area contributed by atoms with Gasteiger partial charge < -0.3 is 10.4 Å². The average molecular weight is 262 g/mol. The van der Waals surface area contributed by atoms with E-state index >= 15 is 0 Å². The number of rotatable bonds is 5. The molecular formula is C14H18N2OS. The summed E-state index contributed by atoms with van der Waals surface area (Å²) in [6.45, 7) is 2.17. The molecule has 0 bridgehead atoms. The molecule has 1 unspecified atom stereocenters. The van der Waals surface area contributed by atoms with Gasteiger partial charge >= 0.3 is 0 Å². The molecular weight excluding hydrogens is 244 g/mol. The molecule has 18 heavy (non-hydrogen) atoms. The van der Waals surface area contributed by atoms with Gasteiger partial charge in [-0.2, -0.15) is 0 Å². The minimum Gasteiger partial charge on any atom is -0.508 e. The van der Waals surface area contributed by atoms with Crippen LogP contribution in [0.1, 0.15) is 22.4 Å². The summed E-state index contributed by atoms with van der Waals surface area (Å²) in [5.74, 6) is 0.307. The van der Waals surface area contributed by atoms with Gasteiger partial charge in [0.15, 0.2) is 0 Å². The smallest absolute Gasteiger partial charge is 0.115 e. The van der Waals surface area contributed by atoms with Gasteiger partial charge in [-0.15, -0.1) is 11.3 Å². The number of likely N-dealkylation sites (N-methyl/N-ethyl adjacent to an activating group) is 1. The van der Waals surface area contributed by atoms with Gasteiger partial charge in [0.1, 0.15) is 5.75 Å². The lowest BCUT2D eigenvalue weighted by Crippen LogP contribution is -2.22. The van der Waals surface area contributed by atoms with E-state index < -0.39 is 0 Å². The average Bonchev–Trinajstić information content (AvgIpc) is 2.79. The molecule has 1 aromatic heterocycles. The summed E-state index contributed by atoms with van der Waals surface area (Å²) in [4.78, 5) is 5.76. The molecule has 0 aliphatic carbocycles. The first-order valence-corrected chi connectivity index (χ1v) is 6.88. The molecule has 4 heteroatoms. The second-order valence-corrected chi connectivity index (χ2v) is 5.66. The van der Waals surface area contributed by atoms with E-state index in [1.54, 1.807) is 23.5 Å². The van der Waals surface area contributed by atoms with Crippen LogP contribution in [-0.4, -0.2) is 23.2 Å². The van der Waals surface area contributed by atoms with Crippen LogP contribution in [0.5, 0.6) is 5.75 Å². The van der Waals surface area contributed by atoms with Crippen LogP contribution in [0, 0.1) is 0 Å². The molecule has 2 rings (SSSR count). The summed E-state index contributed by atoms with van der Waals surface area (Å²) < 4.78 is 0. The highest BCUT2D eigenvalue weighted by Crippen LogP contribution is 2.19. The maximum Gasteiger partial charge on any atom is 0.115 e. The van der Waals surface area contributed by atoms with Crippen LogP contribution >= 0.6 is 11.3 Å². The normalized spacial score (nSPS) is 12.6. The van der Waals surface area contributed by atoms with Gasteiger partial charge in [0.25, 0.3) is 0 Å². The predicted molar refractivity (Wildman–Crippen MR) is 75.3 cm³/mol. The highest BCUT2D eigenvalue weighted by molar-refractivity contribution is 7.11. The van der Waals surface area contributed by atoms with Crippen LogP contribution in [0.15, 0.2) is 30.5 Å². The largest absolute Gasteiger partial charge is 0.508 e. The first-order chi connectivity index (χ1) is 8.67. The maximum absolute atomic E-state index is 9.23. The lowest BCUT2D eigenvalue weighted by atomic mass is 10.1. The Morgan fingerprint density at radius 3 is 2.72 bits per heavy atom. The van der Waals surface area contributed by atoms with Crippen molar-refractivity contribution in [3.05, 3.63) is 45.9 Å². The minimum atomic E-state index is 0.307. The number of phenolic OH excluding ortho intramolecular Hbond substituents is 1. The zero-order valence-corrected chi connectivity index (χ0v) is 11.5. The molecule has 2 N–H and O–H groups in total. The van der Waals surface area contributed by atoms with Crippen molar-refractivity contribution in [2.75, 3.05) is 7.05 Å². The van der Waals surface area contributed by atoms with Crippen LogP contribution in [0.2, 0.25) is 0 Å². The van der Waals surface area contributed by atoms with Crippen molar-refractivity contribution in [1.29, 1.82) is 0 Å². The molecule has 0 aliphatic heterocycles. The summed E-state index contributed by atoms with van der Waals surface area (Å²) in [6, 6.07) is 7.78. The lowest BCUT2D eigenvalue weighted by molar-refractivity contribution is 0.475. The van der Waals surface area contributed by atoms with Gasteiger partial charge in [-0.25, -0.2) is 4.98 Å². The number of aromatic hydroxyl groups is 1. The van der Waals surface area contributed by atoms with Crippen LogP contribution < -0.4 is 5.32 Å². The van der Waals surface area contributed by atoms with Crippen molar-refractivity contribution in [2.45, 2.75) is 25.8 Å². The topological polar surface area (TPSA) is 45.2 Å². The number of thiazole rings is 1.